The molecular formula is C16H20BNO3. The number of benzene rings is 1. The van der Waals surface area contributed by atoms with Crippen LogP contribution < -0.4 is 4.74 Å². The number of hydrogen-bond acceptors (Lipinski definition) is 4. The third-order valence-corrected chi connectivity index (χ3v) is 4.71. The Bertz CT molecular complexity index is 557. The van der Waals surface area contributed by atoms with E-state index in [-0.39, 0.29) is 11.9 Å². The van der Waals surface area contributed by atoms with Crippen molar-refractivity contribution < 1.29 is 14.4 Å². The molecule has 1 aliphatic heterocycles. The van der Waals surface area contributed by atoms with Crippen LogP contribution in [0.3, 0.4) is 0 Å². The van der Waals surface area contributed by atoms with E-state index < -0.39 is 7.12 Å². The number of hydrogen-bond donors (Lipinski definition) is 1. The van der Waals surface area contributed by atoms with Crippen LogP contribution in [0.4, 0.5) is 0 Å². The fraction of sp³-hybridized carbons (Fsp3) is 0.562. The van der Waals surface area contributed by atoms with Crippen molar-refractivity contribution in [3.8, 4) is 11.8 Å². The van der Waals surface area contributed by atoms with Gasteiger partial charge in [-0.05, 0) is 55.1 Å². The van der Waals surface area contributed by atoms with Gasteiger partial charge in [-0.15, -0.1) is 0 Å². The van der Waals surface area contributed by atoms with E-state index in [1.165, 1.54) is 5.56 Å². The van der Waals surface area contributed by atoms with Crippen LogP contribution in [0.15, 0.2) is 18.2 Å². The summed E-state index contributed by atoms with van der Waals surface area (Å²) in [5.74, 6) is 1.32. The Morgan fingerprint density at radius 2 is 2.33 bits per heavy atom. The van der Waals surface area contributed by atoms with Gasteiger partial charge in [-0.3, -0.25) is 0 Å². The third-order valence-electron chi connectivity index (χ3n) is 4.71. The average molecular weight is 285 g/mol. The largest absolute Gasteiger partial charge is 0.489 e. The molecule has 1 saturated carbocycles. The number of aryl methyl sites for hydroxylation is 1. The van der Waals surface area contributed by atoms with E-state index in [0.29, 0.717) is 23.8 Å². The average Bonchev–Trinajstić information content (AvgIpc) is 2.88. The van der Waals surface area contributed by atoms with Crippen molar-refractivity contribution in [2.75, 3.05) is 6.61 Å². The first-order valence-electron chi connectivity index (χ1n) is 7.70. The lowest BCUT2D eigenvalue weighted by Gasteiger charge is -2.31. The summed E-state index contributed by atoms with van der Waals surface area (Å²) in [5, 5.41) is 19.0. The van der Waals surface area contributed by atoms with Gasteiger partial charge >= 0.3 is 7.12 Å². The molecule has 5 heteroatoms. The Morgan fingerprint density at radius 3 is 3.10 bits per heavy atom. The Labute approximate surface area is 125 Å². The quantitative estimate of drug-likeness (QED) is 0.867. The predicted octanol–water partition coefficient (Wildman–Crippen LogP) is 2.55. The molecule has 1 N–H and O–H groups in total. The SMILES string of the molecule is CCc1ccc(C#N)c(OC2CCC3B(O)OCC3C2)c1. The highest BCUT2D eigenvalue weighted by atomic mass is 16.5. The molecule has 0 bridgehead atoms. The van der Waals surface area contributed by atoms with E-state index in [4.69, 9.17) is 9.39 Å². The monoisotopic (exact) mass is 285 g/mol. The first-order valence-corrected chi connectivity index (χ1v) is 7.70. The van der Waals surface area contributed by atoms with Crippen LogP contribution in [0.1, 0.15) is 37.3 Å². The van der Waals surface area contributed by atoms with Crippen molar-refractivity contribution in [1.82, 2.24) is 0 Å². The van der Waals surface area contributed by atoms with Crippen molar-refractivity contribution >= 4 is 7.12 Å². The minimum absolute atomic E-state index is 0.111. The summed E-state index contributed by atoms with van der Waals surface area (Å²) in [6.45, 7) is 2.71. The molecule has 1 heterocycles. The second-order valence-electron chi connectivity index (χ2n) is 6.00. The van der Waals surface area contributed by atoms with Gasteiger partial charge in [0.2, 0.25) is 0 Å². The van der Waals surface area contributed by atoms with Gasteiger partial charge in [0, 0.05) is 6.61 Å². The Hall–Kier alpha value is -1.51. The number of fused-ring (bicyclic) bond motifs is 1. The molecule has 21 heavy (non-hydrogen) atoms. The Kier molecular flexibility index (Phi) is 4.18. The Morgan fingerprint density at radius 1 is 1.48 bits per heavy atom. The maximum absolute atomic E-state index is 9.74. The molecule has 3 unspecified atom stereocenters. The van der Waals surface area contributed by atoms with Crippen LogP contribution in [0.25, 0.3) is 0 Å². The van der Waals surface area contributed by atoms with Gasteiger partial charge in [0.25, 0.3) is 0 Å². The molecule has 3 atom stereocenters. The molecular weight excluding hydrogens is 265 g/mol. The second-order valence-corrected chi connectivity index (χ2v) is 6.00. The molecule has 1 saturated heterocycles. The topological polar surface area (TPSA) is 62.5 Å². The van der Waals surface area contributed by atoms with Crippen molar-refractivity contribution in [1.29, 1.82) is 5.26 Å². The van der Waals surface area contributed by atoms with E-state index in [2.05, 4.69) is 13.0 Å². The minimum Gasteiger partial charge on any atom is -0.489 e. The highest BCUT2D eigenvalue weighted by Gasteiger charge is 2.44. The summed E-state index contributed by atoms with van der Waals surface area (Å²) in [7, 11) is -0.603. The minimum atomic E-state index is -0.603. The molecule has 2 fully saturated rings. The maximum Gasteiger partial charge on any atom is 0.457 e. The van der Waals surface area contributed by atoms with Crippen LogP contribution in [-0.2, 0) is 11.1 Å². The van der Waals surface area contributed by atoms with Gasteiger partial charge in [0.15, 0.2) is 0 Å². The molecule has 110 valence electrons. The van der Waals surface area contributed by atoms with E-state index in [1.54, 1.807) is 0 Å². The summed E-state index contributed by atoms with van der Waals surface area (Å²) in [5.41, 5.74) is 1.77. The molecule has 0 amide bonds. The summed E-state index contributed by atoms with van der Waals surface area (Å²) in [6.07, 6.45) is 3.76. The molecule has 3 rings (SSSR count). The zero-order valence-corrected chi connectivity index (χ0v) is 12.3. The highest BCUT2D eigenvalue weighted by Crippen LogP contribution is 2.42. The summed E-state index contributed by atoms with van der Waals surface area (Å²) in [4.78, 5) is 0. The van der Waals surface area contributed by atoms with Gasteiger partial charge in [-0.1, -0.05) is 13.0 Å². The van der Waals surface area contributed by atoms with Gasteiger partial charge in [0.05, 0.1) is 11.7 Å². The van der Waals surface area contributed by atoms with Gasteiger partial charge in [0.1, 0.15) is 11.8 Å². The van der Waals surface area contributed by atoms with Crippen LogP contribution >= 0.6 is 0 Å². The van der Waals surface area contributed by atoms with Gasteiger partial charge in [-0.25, -0.2) is 0 Å². The van der Waals surface area contributed by atoms with Crippen molar-refractivity contribution in [3.05, 3.63) is 29.3 Å². The van der Waals surface area contributed by atoms with Crippen LogP contribution in [0.2, 0.25) is 5.82 Å². The number of nitriles is 1. The predicted molar refractivity (Wildman–Crippen MR) is 80.0 cm³/mol. The third kappa shape index (κ3) is 2.92. The molecule has 1 aromatic carbocycles. The fourth-order valence-corrected chi connectivity index (χ4v) is 3.42. The molecule has 2 aliphatic rings. The molecule has 0 radical (unpaired) electrons. The maximum atomic E-state index is 9.74. The number of rotatable bonds is 3. The summed E-state index contributed by atoms with van der Waals surface area (Å²) in [6, 6.07) is 7.99. The highest BCUT2D eigenvalue weighted by molar-refractivity contribution is 6.45. The van der Waals surface area contributed by atoms with E-state index in [1.807, 2.05) is 18.2 Å². The van der Waals surface area contributed by atoms with E-state index >= 15 is 0 Å². The summed E-state index contributed by atoms with van der Waals surface area (Å²) < 4.78 is 11.4. The lowest BCUT2D eigenvalue weighted by molar-refractivity contribution is 0.119. The number of nitrogens with zero attached hydrogens (tertiary/aromatic N) is 1. The molecule has 4 nitrogen and oxygen atoms in total. The first-order chi connectivity index (χ1) is 10.2. The normalized spacial score (nSPS) is 28.0. The van der Waals surface area contributed by atoms with Crippen LogP contribution in [0, 0.1) is 17.2 Å². The molecule has 1 aliphatic carbocycles. The zero-order chi connectivity index (χ0) is 14.8. The smallest absolute Gasteiger partial charge is 0.457 e. The summed E-state index contributed by atoms with van der Waals surface area (Å²) >= 11 is 0. The van der Waals surface area contributed by atoms with Crippen LogP contribution in [-0.4, -0.2) is 24.9 Å². The zero-order valence-electron chi connectivity index (χ0n) is 12.3. The fourth-order valence-electron chi connectivity index (χ4n) is 3.42. The molecule has 0 spiro atoms. The standard InChI is InChI=1S/C16H20BNO3/c1-2-11-3-4-12(9-18)16(7-11)21-14-5-6-15-13(8-14)10-20-17(15)19/h3-4,7,13-15,19H,2,5-6,8,10H2,1H3. The van der Waals surface area contributed by atoms with Crippen LogP contribution in [0.5, 0.6) is 5.75 Å². The first kappa shape index (κ1) is 14.4. The molecule has 0 aromatic heterocycles. The molecule has 1 aromatic rings. The van der Waals surface area contributed by atoms with Gasteiger partial charge in [-0.2, -0.15) is 5.26 Å². The lowest BCUT2D eigenvalue weighted by atomic mass is 9.62. The van der Waals surface area contributed by atoms with Gasteiger partial charge < -0.3 is 14.4 Å². The van der Waals surface area contributed by atoms with Crippen molar-refractivity contribution in [2.45, 2.75) is 44.5 Å². The lowest BCUT2D eigenvalue weighted by Crippen LogP contribution is -2.31. The number of ether oxygens (including phenoxy) is 1. The van der Waals surface area contributed by atoms with Crippen molar-refractivity contribution in [3.63, 3.8) is 0 Å². The van der Waals surface area contributed by atoms with E-state index in [9.17, 15) is 10.3 Å². The Balaban J connectivity index is 1.71. The van der Waals surface area contributed by atoms with E-state index in [0.717, 1.165) is 25.7 Å². The van der Waals surface area contributed by atoms with Crippen molar-refractivity contribution in [2.24, 2.45) is 5.92 Å². The second kappa shape index (κ2) is 6.09.